The van der Waals surface area contributed by atoms with Gasteiger partial charge >= 0.3 is 11.9 Å². The second kappa shape index (κ2) is 9.68. The number of hydrogen-bond donors (Lipinski definition) is 1. The van der Waals surface area contributed by atoms with Gasteiger partial charge in [0.15, 0.2) is 0 Å². The van der Waals surface area contributed by atoms with Gasteiger partial charge in [0, 0.05) is 0 Å². The Hall–Kier alpha value is -1.93. The van der Waals surface area contributed by atoms with E-state index in [0.29, 0.717) is 24.7 Å². The van der Waals surface area contributed by atoms with Crippen LogP contribution in [0.15, 0.2) is 23.1 Å². The molecule has 0 aromatic heterocycles. The van der Waals surface area contributed by atoms with E-state index >= 15 is 0 Å². The van der Waals surface area contributed by atoms with Crippen molar-refractivity contribution in [2.75, 3.05) is 13.2 Å². The molecule has 0 bridgehead atoms. The molecule has 0 amide bonds. The van der Waals surface area contributed by atoms with Crippen molar-refractivity contribution in [1.29, 1.82) is 0 Å². The Bertz CT molecular complexity index is 736. The Labute approximate surface area is 154 Å². The van der Waals surface area contributed by atoms with Crippen molar-refractivity contribution in [3.05, 3.63) is 29.3 Å². The van der Waals surface area contributed by atoms with E-state index in [9.17, 15) is 22.6 Å². The van der Waals surface area contributed by atoms with Gasteiger partial charge in [0.2, 0.25) is 0 Å². The molecule has 1 N–H and O–H groups in total. The van der Waals surface area contributed by atoms with Gasteiger partial charge in [0.25, 0.3) is 10.1 Å². The van der Waals surface area contributed by atoms with Gasteiger partial charge in [-0.2, -0.15) is 8.42 Å². The first-order chi connectivity index (χ1) is 12.0. The summed E-state index contributed by atoms with van der Waals surface area (Å²) in [6.45, 7) is 8.18. The number of esters is 2. The largest absolute Gasteiger partial charge is 0.462 e. The first kappa shape index (κ1) is 22.1. The maximum absolute atomic E-state index is 12.1. The minimum Gasteiger partial charge on any atom is -0.462 e. The zero-order valence-electron chi connectivity index (χ0n) is 15.5. The minimum absolute atomic E-state index is 0.0693. The summed E-state index contributed by atoms with van der Waals surface area (Å²) < 4.78 is 42.7. The van der Waals surface area contributed by atoms with Gasteiger partial charge in [-0.15, -0.1) is 0 Å². The fourth-order valence-electron chi connectivity index (χ4n) is 1.97. The van der Waals surface area contributed by atoms with Gasteiger partial charge in [0.05, 0.1) is 24.3 Å². The fraction of sp³-hybridized carbons (Fsp3) is 0.556. The van der Waals surface area contributed by atoms with E-state index in [2.05, 4.69) is 0 Å². The average molecular weight is 386 g/mol. The van der Waals surface area contributed by atoms with Crippen molar-refractivity contribution in [3.8, 4) is 0 Å². The number of benzene rings is 1. The van der Waals surface area contributed by atoms with Gasteiger partial charge in [-0.1, -0.05) is 27.7 Å². The molecule has 0 aliphatic carbocycles. The molecule has 8 heteroatoms. The number of hydrogen-bond acceptors (Lipinski definition) is 6. The Balaban J connectivity index is 3.00. The zero-order chi connectivity index (χ0) is 19.9. The molecule has 7 nitrogen and oxygen atoms in total. The topological polar surface area (TPSA) is 107 Å². The highest BCUT2D eigenvalue weighted by molar-refractivity contribution is 7.86. The molecule has 0 radical (unpaired) electrons. The second-order valence-electron chi connectivity index (χ2n) is 6.82. The third kappa shape index (κ3) is 7.13. The summed E-state index contributed by atoms with van der Waals surface area (Å²) in [5.41, 5.74) is -0.393. The van der Waals surface area contributed by atoms with Crippen molar-refractivity contribution in [2.45, 2.75) is 45.4 Å². The summed E-state index contributed by atoms with van der Waals surface area (Å²) >= 11 is 0. The smallest absolute Gasteiger partial charge is 0.339 e. The van der Waals surface area contributed by atoms with Crippen molar-refractivity contribution >= 4 is 22.1 Å². The fourth-order valence-corrected chi connectivity index (χ4v) is 2.67. The molecule has 0 heterocycles. The van der Waals surface area contributed by atoms with Gasteiger partial charge in [-0.05, 0) is 42.9 Å². The first-order valence-corrected chi connectivity index (χ1v) is 9.92. The Kier molecular flexibility index (Phi) is 8.23. The van der Waals surface area contributed by atoms with E-state index < -0.39 is 27.0 Å². The molecule has 1 aromatic carbocycles. The monoisotopic (exact) mass is 386 g/mol. The predicted octanol–water partition coefficient (Wildman–Crippen LogP) is 3.34. The van der Waals surface area contributed by atoms with Gasteiger partial charge in [-0.25, -0.2) is 9.59 Å². The van der Waals surface area contributed by atoms with Crippen molar-refractivity contribution in [1.82, 2.24) is 0 Å². The lowest BCUT2D eigenvalue weighted by Gasteiger charge is -2.11. The number of carbonyl (C=O) groups is 2. The van der Waals surface area contributed by atoms with Crippen LogP contribution in [-0.2, 0) is 19.6 Å². The average Bonchev–Trinajstić information content (AvgIpc) is 2.52. The first-order valence-electron chi connectivity index (χ1n) is 8.48. The number of rotatable bonds is 9. The van der Waals surface area contributed by atoms with Crippen LogP contribution in [-0.4, -0.2) is 38.1 Å². The summed E-state index contributed by atoms with van der Waals surface area (Å²) in [5.74, 6) is -0.945. The molecule has 1 aromatic rings. The van der Waals surface area contributed by atoms with Crippen LogP contribution in [0.5, 0.6) is 0 Å². The van der Waals surface area contributed by atoms with E-state index in [4.69, 9.17) is 9.47 Å². The lowest BCUT2D eigenvalue weighted by atomic mass is 10.1. The zero-order valence-corrected chi connectivity index (χ0v) is 16.3. The number of ether oxygens (including phenoxy) is 2. The van der Waals surface area contributed by atoms with Crippen LogP contribution < -0.4 is 0 Å². The molecule has 0 aliphatic heterocycles. The Morgan fingerprint density at radius 3 is 1.92 bits per heavy atom. The molecule has 0 unspecified atom stereocenters. The Morgan fingerprint density at radius 2 is 1.46 bits per heavy atom. The molecule has 0 atom stereocenters. The van der Waals surface area contributed by atoms with Crippen LogP contribution in [0.1, 0.15) is 61.3 Å². The third-order valence-electron chi connectivity index (χ3n) is 3.57. The predicted molar refractivity (Wildman–Crippen MR) is 95.7 cm³/mol. The molecular weight excluding hydrogens is 360 g/mol. The van der Waals surface area contributed by atoms with E-state index in [1.807, 2.05) is 27.7 Å². The van der Waals surface area contributed by atoms with E-state index in [0.717, 1.165) is 12.1 Å². The molecule has 0 aliphatic rings. The van der Waals surface area contributed by atoms with E-state index in [-0.39, 0.29) is 24.3 Å². The summed E-state index contributed by atoms with van der Waals surface area (Å²) in [4.78, 5) is 23.5. The maximum Gasteiger partial charge on any atom is 0.339 e. The molecule has 1 rings (SSSR count). The molecule has 0 spiro atoms. The van der Waals surface area contributed by atoms with Crippen LogP contribution in [0.25, 0.3) is 0 Å². The molecular formula is C18H26O7S. The maximum atomic E-state index is 12.1. The summed E-state index contributed by atoms with van der Waals surface area (Å²) in [5, 5.41) is 0. The van der Waals surface area contributed by atoms with E-state index in [1.54, 1.807) is 0 Å². The quantitative estimate of drug-likeness (QED) is 0.512. The molecule has 146 valence electrons. The molecule has 0 fully saturated rings. The van der Waals surface area contributed by atoms with Gasteiger partial charge < -0.3 is 9.47 Å². The molecule has 0 saturated carbocycles. The van der Waals surface area contributed by atoms with Crippen LogP contribution in [0.3, 0.4) is 0 Å². The lowest BCUT2D eigenvalue weighted by molar-refractivity contribution is 0.0469. The van der Waals surface area contributed by atoms with E-state index in [1.165, 1.54) is 6.07 Å². The molecule has 26 heavy (non-hydrogen) atoms. The highest BCUT2D eigenvalue weighted by Crippen LogP contribution is 2.20. The van der Waals surface area contributed by atoms with Crippen molar-refractivity contribution in [2.24, 2.45) is 11.8 Å². The number of carbonyl (C=O) groups excluding carboxylic acids is 2. The highest BCUT2D eigenvalue weighted by Gasteiger charge is 2.24. The van der Waals surface area contributed by atoms with Crippen molar-refractivity contribution < 1.29 is 32.0 Å². The lowest BCUT2D eigenvalue weighted by Crippen LogP contribution is -2.15. The normalized spacial score (nSPS) is 11.7. The van der Waals surface area contributed by atoms with Crippen LogP contribution in [0.2, 0.25) is 0 Å². The minimum atomic E-state index is -4.72. The van der Waals surface area contributed by atoms with Crippen LogP contribution in [0, 0.1) is 11.8 Å². The Morgan fingerprint density at radius 1 is 0.962 bits per heavy atom. The van der Waals surface area contributed by atoms with Crippen LogP contribution in [0.4, 0.5) is 0 Å². The highest BCUT2D eigenvalue weighted by atomic mass is 32.2. The summed E-state index contributed by atoms with van der Waals surface area (Å²) in [7, 11) is -4.72. The van der Waals surface area contributed by atoms with Gasteiger partial charge in [0.1, 0.15) is 4.90 Å². The third-order valence-corrected chi connectivity index (χ3v) is 4.47. The van der Waals surface area contributed by atoms with Crippen LogP contribution >= 0.6 is 0 Å². The van der Waals surface area contributed by atoms with Crippen molar-refractivity contribution in [3.63, 3.8) is 0 Å². The SMILES string of the molecule is CC(C)CCOC(=O)c1ccc(C(=O)OCCC(C)C)c(S(=O)(=O)O)c1. The second-order valence-corrected chi connectivity index (χ2v) is 8.21. The summed E-state index contributed by atoms with van der Waals surface area (Å²) in [6, 6.07) is 3.33. The standard InChI is InChI=1S/C18H26O7S/c1-12(2)7-9-24-17(19)14-5-6-15(16(11-14)26(21,22)23)18(20)25-10-8-13(3)4/h5-6,11-13H,7-10H2,1-4H3,(H,21,22,23). The molecule has 0 saturated heterocycles. The van der Waals surface area contributed by atoms with Gasteiger partial charge in [-0.3, -0.25) is 4.55 Å². The summed E-state index contributed by atoms with van der Waals surface area (Å²) in [6.07, 6.45) is 1.28.